The summed E-state index contributed by atoms with van der Waals surface area (Å²) < 4.78 is 33.6. The molecule has 3 saturated carbocycles. The molecule has 2 unspecified atom stereocenters. The van der Waals surface area contributed by atoms with Crippen molar-refractivity contribution in [3.8, 4) is 0 Å². The number of hydrogen-bond acceptors (Lipinski definition) is 4. The predicted octanol–water partition coefficient (Wildman–Crippen LogP) is 6.57. The van der Waals surface area contributed by atoms with Crippen molar-refractivity contribution in [1.29, 1.82) is 0 Å². The quantitative estimate of drug-likeness (QED) is 0.399. The van der Waals surface area contributed by atoms with Crippen molar-refractivity contribution in [2.24, 2.45) is 35.0 Å². The molecule has 5 nitrogen and oxygen atoms in total. The first-order valence-corrected chi connectivity index (χ1v) is 16.6. The number of rotatable bonds is 2. The Balaban J connectivity index is 0.00000131. The summed E-state index contributed by atoms with van der Waals surface area (Å²) in [7, 11) is -3.12. The number of allylic oxidation sites excluding steroid dienone is 1. The van der Waals surface area contributed by atoms with Gasteiger partial charge in [-0.05, 0) is 113 Å². The van der Waals surface area contributed by atoms with Crippen LogP contribution in [0, 0.1) is 35.0 Å². The fraction of sp³-hybridized carbons (Fsp3) is 0.867. The Hall–Kier alpha value is -0.690. The van der Waals surface area contributed by atoms with E-state index in [-0.39, 0.29) is 17.3 Å². The third kappa shape index (κ3) is 4.46. The van der Waals surface area contributed by atoms with E-state index in [1.807, 2.05) is 0 Å². The lowest BCUT2D eigenvalue weighted by Gasteiger charge is -2.54. The molecule has 5 fully saturated rings. The van der Waals surface area contributed by atoms with Crippen LogP contribution in [0.3, 0.4) is 0 Å². The fourth-order valence-corrected chi connectivity index (χ4v) is 10.9. The van der Waals surface area contributed by atoms with Crippen molar-refractivity contribution in [2.75, 3.05) is 12.8 Å². The van der Waals surface area contributed by atoms with Crippen molar-refractivity contribution in [2.45, 2.75) is 115 Å². The number of piperidine rings is 1. The molecule has 0 amide bonds. The van der Waals surface area contributed by atoms with Crippen LogP contribution in [0.5, 0.6) is 0 Å². The van der Waals surface area contributed by atoms with Gasteiger partial charge in [0.15, 0.2) is 0 Å². The summed E-state index contributed by atoms with van der Waals surface area (Å²) in [5.74, 6) is 3.59. The van der Waals surface area contributed by atoms with Crippen LogP contribution in [-0.4, -0.2) is 45.0 Å². The Bertz CT molecular complexity index is 997. The first kappa shape index (κ1) is 26.9. The third-order valence-corrected chi connectivity index (χ3v) is 12.5. The molecule has 6 heteroatoms. The monoisotopic (exact) mass is 526 g/mol. The van der Waals surface area contributed by atoms with Crippen LogP contribution in [0.15, 0.2) is 24.3 Å². The van der Waals surface area contributed by atoms with Gasteiger partial charge < -0.3 is 10.1 Å². The van der Waals surface area contributed by atoms with E-state index in [0.717, 1.165) is 43.6 Å². The van der Waals surface area contributed by atoms with Crippen LogP contribution in [0.2, 0.25) is 0 Å². The SMILES string of the molecule is C=C.CC1=C2CC3[C@@H](CC[C@@H]4C[C@@H](NS(C)(=O)=O)CC[C@]34C)C2CC[C@@]2(C1)O[C@@H]1CCCN[C@H]1[C@H]2C.[HH].[HH].[HH].[HH]. The first-order chi connectivity index (χ1) is 17.1. The second-order valence-electron chi connectivity index (χ2n) is 13.4. The lowest BCUT2D eigenvalue weighted by molar-refractivity contribution is -0.0712. The summed E-state index contributed by atoms with van der Waals surface area (Å²) in [5, 5.41) is 3.80. The van der Waals surface area contributed by atoms with E-state index in [9.17, 15) is 8.42 Å². The van der Waals surface area contributed by atoms with E-state index < -0.39 is 10.0 Å². The number of sulfonamides is 1. The van der Waals surface area contributed by atoms with Gasteiger partial charge in [0.25, 0.3) is 0 Å². The molecule has 0 bridgehead atoms. The first-order valence-electron chi connectivity index (χ1n) is 14.7. The largest absolute Gasteiger partial charge is 0.369 e. The van der Waals surface area contributed by atoms with E-state index in [2.05, 4.69) is 44.0 Å². The standard InChI is InChI=1S/C28H46N2O3S.C2H4.4H2/c1-17-16-28(18(2)26-25(33-28)6-5-13-29-26)12-10-21-22-8-7-19-14-20(30-34(4,31)32)9-11-27(19,3)24(22)15-23(17)21;1-2;;;;/h18-22,24-26,29-30H,5-16H2,1-4H3;1-2H2;4*1H/t18-,19-,20+,21?,22+,24?,25-,26+,27+,28+;;;;;/m1...../s1. The maximum Gasteiger partial charge on any atom is 0.208 e. The minimum Gasteiger partial charge on any atom is -0.369 e. The number of nitrogens with one attached hydrogen (secondary N) is 2. The Labute approximate surface area is 226 Å². The van der Waals surface area contributed by atoms with Gasteiger partial charge in [-0.25, -0.2) is 13.1 Å². The normalized spacial score (nSPS) is 48.2. The van der Waals surface area contributed by atoms with Crippen molar-refractivity contribution in [1.82, 2.24) is 10.0 Å². The Morgan fingerprint density at radius 3 is 2.64 bits per heavy atom. The highest BCUT2D eigenvalue weighted by molar-refractivity contribution is 7.88. The van der Waals surface area contributed by atoms with Crippen molar-refractivity contribution in [3.05, 3.63) is 24.3 Å². The summed E-state index contributed by atoms with van der Waals surface area (Å²) in [6.07, 6.45) is 14.9. The number of fused-ring (bicyclic) bond motifs is 6. The van der Waals surface area contributed by atoms with Gasteiger partial charge in [-0.1, -0.05) is 25.0 Å². The molecule has 2 saturated heterocycles. The molecule has 2 N–H and O–H groups in total. The van der Waals surface area contributed by atoms with Crippen LogP contribution < -0.4 is 10.0 Å². The Morgan fingerprint density at radius 1 is 1.14 bits per heavy atom. The van der Waals surface area contributed by atoms with Gasteiger partial charge in [0.1, 0.15) is 0 Å². The fourth-order valence-electron chi connectivity index (χ4n) is 10.0. The highest BCUT2D eigenvalue weighted by Crippen LogP contribution is 2.65. The average molecular weight is 527 g/mol. The minimum atomic E-state index is -3.12. The smallest absolute Gasteiger partial charge is 0.208 e. The number of ether oxygens (including phenoxy) is 1. The van der Waals surface area contributed by atoms with Gasteiger partial charge in [0, 0.05) is 23.7 Å². The zero-order chi connectivity index (χ0) is 25.9. The molecule has 0 aromatic heterocycles. The molecule has 36 heavy (non-hydrogen) atoms. The molecule has 0 aromatic rings. The molecule has 4 aliphatic carbocycles. The molecular formula is C30H58N2O3S. The van der Waals surface area contributed by atoms with Gasteiger partial charge in [-0.2, -0.15) is 0 Å². The van der Waals surface area contributed by atoms with Crippen molar-refractivity contribution >= 4 is 10.0 Å². The van der Waals surface area contributed by atoms with E-state index in [1.54, 1.807) is 11.1 Å². The van der Waals surface area contributed by atoms with Crippen LogP contribution in [-0.2, 0) is 14.8 Å². The maximum absolute atomic E-state index is 11.8. The Kier molecular flexibility index (Phi) is 7.33. The van der Waals surface area contributed by atoms with Crippen LogP contribution in [0.4, 0.5) is 0 Å². The van der Waals surface area contributed by atoms with Gasteiger partial charge in [-0.3, -0.25) is 0 Å². The van der Waals surface area contributed by atoms with E-state index in [1.165, 1.54) is 57.6 Å². The molecule has 10 atom stereocenters. The molecular weight excluding hydrogens is 468 g/mol. The molecule has 2 heterocycles. The second kappa shape index (κ2) is 9.81. The summed E-state index contributed by atoms with van der Waals surface area (Å²) in [6, 6.07) is 0.678. The summed E-state index contributed by atoms with van der Waals surface area (Å²) in [4.78, 5) is 0. The molecule has 212 valence electrons. The topological polar surface area (TPSA) is 67.4 Å². The van der Waals surface area contributed by atoms with E-state index >= 15 is 0 Å². The van der Waals surface area contributed by atoms with Crippen molar-refractivity contribution in [3.63, 3.8) is 0 Å². The van der Waals surface area contributed by atoms with E-state index in [0.29, 0.717) is 29.4 Å². The van der Waals surface area contributed by atoms with Gasteiger partial charge in [0.05, 0.1) is 18.0 Å². The molecule has 6 rings (SSSR count). The number of hydrogen-bond donors (Lipinski definition) is 2. The average Bonchev–Trinajstić information content (AvgIpc) is 3.30. The third-order valence-electron chi connectivity index (χ3n) is 11.7. The van der Waals surface area contributed by atoms with Gasteiger partial charge in [-0.15, -0.1) is 13.2 Å². The summed E-state index contributed by atoms with van der Waals surface area (Å²) >= 11 is 0. The molecule has 6 aliphatic rings. The predicted molar refractivity (Wildman–Crippen MR) is 156 cm³/mol. The lowest BCUT2D eigenvalue weighted by Crippen LogP contribution is -2.50. The highest BCUT2D eigenvalue weighted by Gasteiger charge is 2.59. The minimum absolute atomic E-state index is 0. The zero-order valence-corrected chi connectivity index (χ0v) is 24.0. The second-order valence-corrected chi connectivity index (χ2v) is 15.2. The van der Waals surface area contributed by atoms with Crippen molar-refractivity contribution < 1.29 is 18.9 Å². The van der Waals surface area contributed by atoms with Crippen LogP contribution in [0.1, 0.15) is 97.1 Å². The molecule has 0 radical (unpaired) electrons. The maximum atomic E-state index is 11.8. The van der Waals surface area contributed by atoms with E-state index in [4.69, 9.17) is 4.74 Å². The lowest BCUT2D eigenvalue weighted by atomic mass is 9.52. The molecule has 1 spiro atoms. The van der Waals surface area contributed by atoms with Gasteiger partial charge in [0.2, 0.25) is 10.0 Å². The van der Waals surface area contributed by atoms with Crippen LogP contribution in [0.25, 0.3) is 0 Å². The summed E-state index contributed by atoms with van der Waals surface area (Å²) in [5.41, 5.74) is 3.85. The van der Waals surface area contributed by atoms with Crippen LogP contribution >= 0.6 is 0 Å². The molecule has 2 aliphatic heterocycles. The summed E-state index contributed by atoms with van der Waals surface area (Å²) in [6.45, 7) is 14.6. The molecule has 0 aromatic carbocycles. The Morgan fingerprint density at radius 2 is 1.92 bits per heavy atom. The van der Waals surface area contributed by atoms with Gasteiger partial charge >= 0.3 is 0 Å². The highest BCUT2D eigenvalue weighted by atomic mass is 32.2. The zero-order valence-electron chi connectivity index (χ0n) is 23.2.